The first-order valence-corrected chi connectivity index (χ1v) is 11.3. The molecule has 3 rings (SSSR count). The predicted octanol–water partition coefficient (Wildman–Crippen LogP) is 3.99. The summed E-state index contributed by atoms with van der Waals surface area (Å²) in [7, 11) is 4.65. The van der Waals surface area contributed by atoms with Crippen molar-refractivity contribution in [2.45, 2.75) is 19.8 Å². The maximum Gasteiger partial charge on any atom is 0.255 e. The van der Waals surface area contributed by atoms with Crippen molar-refractivity contribution >= 4 is 23.4 Å². The van der Waals surface area contributed by atoms with Crippen LogP contribution in [0, 0.1) is 11.8 Å². The van der Waals surface area contributed by atoms with Crippen LogP contribution in [0.2, 0.25) is 5.02 Å². The van der Waals surface area contributed by atoms with E-state index in [0.717, 1.165) is 5.56 Å². The van der Waals surface area contributed by atoms with Crippen molar-refractivity contribution in [3.05, 3.63) is 52.5 Å². The van der Waals surface area contributed by atoms with Crippen LogP contribution in [0.25, 0.3) is 0 Å². The van der Waals surface area contributed by atoms with Gasteiger partial charge in [-0.05, 0) is 35.7 Å². The Kier molecular flexibility index (Phi) is 8.08. The van der Waals surface area contributed by atoms with E-state index in [1.54, 1.807) is 50.5 Å². The summed E-state index contributed by atoms with van der Waals surface area (Å²) in [6, 6.07) is 10.6. The highest BCUT2D eigenvalue weighted by molar-refractivity contribution is 6.33. The van der Waals surface area contributed by atoms with Crippen molar-refractivity contribution in [3.63, 3.8) is 0 Å². The van der Waals surface area contributed by atoms with Crippen molar-refractivity contribution in [1.29, 1.82) is 0 Å². The molecule has 2 atom stereocenters. The summed E-state index contributed by atoms with van der Waals surface area (Å²) < 4.78 is 16.5. The molecular weight excluding hydrogens is 444 g/mol. The molecule has 0 bridgehead atoms. The Morgan fingerprint density at radius 3 is 2.24 bits per heavy atom. The smallest absolute Gasteiger partial charge is 0.255 e. The van der Waals surface area contributed by atoms with Gasteiger partial charge in [0, 0.05) is 25.6 Å². The molecule has 7 nitrogen and oxygen atoms in total. The number of hydrogen-bond donors (Lipinski definition) is 1. The number of rotatable bonds is 8. The van der Waals surface area contributed by atoms with Gasteiger partial charge in [0.1, 0.15) is 0 Å². The fraction of sp³-hybridized carbons (Fsp3) is 0.440. The summed E-state index contributed by atoms with van der Waals surface area (Å²) >= 11 is 6.27. The molecule has 1 saturated heterocycles. The lowest BCUT2D eigenvalue weighted by molar-refractivity contribution is -0.125. The van der Waals surface area contributed by atoms with Gasteiger partial charge in [-0.15, -0.1) is 0 Å². The third-order valence-corrected chi connectivity index (χ3v) is 6.18. The van der Waals surface area contributed by atoms with E-state index in [2.05, 4.69) is 5.32 Å². The van der Waals surface area contributed by atoms with Crippen molar-refractivity contribution in [2.75, 3.05) is 41.0 Å². The summed E-state index contributed by atoms with van der Waals surface area (Å²) in [6.07, 6.45) is 0. The highest BCUT2D eigenvalue weighted by Gasteiger charge is 2.41. The summed E-state index contributed by atoms with van der Waals surface area (Å²) in [6.45, 7) is 5.30. The topological polar surface area (TPSA) is 77.1 Å². The van der Waals surface area contributed by atoms with Gasteiger partial charge in [0.05, 0.1) is 37.8 Å². The minimum atomic E-state index is -0.432. The van der Waals surface area contributed by atoms with E-state index in [0.29, 0.717) is 46.8 Å². The molecule has 178 valence electrons. The van der Waals surface area contributed by atoms with Gasteiger partial charge < -0.3 is 24.4 Å². The molecule has 0 radical (unpaired) electrons. The van der Waals surface area contributed by atoms with Crippen molar-refractivity contribution in [3.8, 4) is 17.2 Å². The molecule has 1 aliphatic heterocycles. The Labute approximate surface area is 200 Å². The molecule has 8 heteroatoms. The molecule has 0 saturated carbocycles. The van der Waals surface area contributed by atoms with Crippen LogP contribution in [0.3, 0.4) is 0 Å². The zero-order valence-electron chi connectivity index (χ0n) is 19.7. The number of benzene rings is 2. The second-order valence-corrected chi connectivity index (χ2v) is 8.91. The number of nitrogens with one attached hydrogen (secondary N) is 1. The van der Waals surface area contributed by atoms with Crippen molar-refractivity contribution < 1.29 is 23.8 Å². The van der Waals surface area contributed by atoms with Crippen LogP contribution in [0.15, 0.2) is 36.4 Å². The quantitative estimate of drug-likeness (QED) is 0.626. The molecule has 1 N–H and O–H groups in total. The summed E-state index contributed by atoms with van der Waals surface area (Å²) in [5.41, 5.74) is 1.26. The van der Waals surface area contributed by atoms with Gasteiger partial charge in [0.25, 0.3) is 5.91 Å². The van der Waals surface area contributed by atoms with Crippen LogP contribution in [0.5, 0.6) is 17.2 Å². The molecule has 2 amide bonds. The molecule has 2 aromatic rings. The van der Waals surface area contributed by atoms with Crippen LogP contribution in [-0.2, 0) is 4.79 Å². The highest BCUT2D eigenvalue weighted by atomic mass is 35.5. The van der Waals surface area contributed by atoms with E-state index >= 15 is 0 Å². The average molecular weight is 475 g/mol. The largest absolute Gasteiger partial charge is 0.493 e. The van der Waals surface area contributed by atoms with Gasteiger partial charge in [0.15, 0.2) is 11.5 Å². The van der Waals surface area contributed by atoms with Crippen LogP contribution >= 0.6 is 11.6 Å². The van der Waals surface area contributed by atoms with E-state index in [1.165, 1.54) is 0 Å². The molecule has 1 fully saturated rings. The minimum absolute atomic E-state index is 0.0862. The minimum Gasteiger partial charge on any atom is -0.493 e. The number of halogens is 1. The van der Waals surface area contributed by atoms with Crippen LogP contribution < -0.4 is 19.5 Å². The Bertz CT molecular complexity index is 985. The fourth-order valence-corrected chi connectivity index (χ4v) is 4.35. The van der Waals surface area contributed by atoms with Crippen LogP contribution in [-0.4, -0.2) is 57.7 Å². The van der Waals surface area contributed by atoms with Gasteiger partial charge in [-0.3, -0.25) is 9.59 Å². The lowest BCUT2D eigenvalue weighted by Gasteiger charge is -2.21. The zero-order valence-corrected chi connectivity index (χ0v) is 20.4. The highest BCUT2D eigenvalue weighted by Crippen LogP contribution is 2.43. The van der Waals surface area contributed by atoms with Crippen LogP contribution in [0.1, 0.15) is 35.7 Å². The molecule has 0 aliphatic carbocycles. The number of carbonyl (C=O) groups is 2. The van der Waals surface area contributed by atoms with Gasteiger partial charge in [0.2, 0.25) is 11.7 Å². The summed E-state index contributed by atoms with van der Waals surface area (Å²) in [5, 5.41) is 3.41. The number of nitrogens with zero attached hydrogens (tertiary/aromatic N) is 1. The molecule has 0 unspecified atom stereocenters. The van der Waals surface area contributed by atoms with Gasteiger partial charge >= 0.3 is 0 Å². The Hall–Kier alpha value is -2.93. The number of hydrogen-bond acceptors (Lipinski definition) is 5. The van der Waals surface area contributed by atoms with Gasteiger partial charge in [-0.1, -0.05) is 37.6 Å². The van der Waals surface area contributed by atoms with E-state index in [4.69, 9.17) is 25.8 Å². The van der Waals surface area contributed by atoms with Crippen LogP contribution in [0.4, 0.5) is 0 Å². The van der Waals surface area contributed by atoms with Gasteiger partial charge in [-0.25, -0.2) is 0 Å². The SMILES string of the molecule is COc1cc([C@@H]2CN(C(=O)c3ccccc3Cl)C[C@@H]2C(=O)NCC(C)C)cc(OC)c1OC. The summed E-state index contributed by atoms with van der Waals surface area (Å²) in [4.78, 5) is 28.1. The number of likely N-dealkylation sites (tertiary alicyclic amines) is 1. The summed E-state index contributed by atoms with van der Waals surface area (Å²) in [5.74, 6) is 0.833. The second-order valence-electron chi connectivity index (χ2n) is 8.50. The first-order valence-electron chi connectivity index (χ1n) is 10.9. The van der Waals surface area contributed by atoms with E-state index in [-0.39, 0.29) is 24.3 Å². The Balaban J connectivity index is 1.98. The second kappa shape index (κ2) is 10.8. The monoisotopic (exact) mass is 474 g/mol. The molecule has 33 heavy (non-hydrogen) atoms. The van der Waals surface area contributed by atoms with Gasteiger partial charge in [-0.2, -0.15) is 0 Å². The lowest BCUT2D eigenvalue weighted by Crippen LogP contribution is -2.37. The molecule has 0 aromatic heterocycles. The predicted molar refractivity (Wildman–Crippen MR) is 128 cm³/mol. The average Bonchev–Trinajstić information content (AvgIpc) is 3.27. The number of ether oxygens (including phenoxy) is 3. The number of methoxy groups -OCH3 is 3. The molecular formula is C25H31ClN2O5. The van der Waals surface area contributed by atoms with Crippen molar-refractivity contribution in [2.24, 2.45) is 11.8 Å². The Morgan fingerprint density at radius 2 is 1.70 bits per heavy atom. The number of amides is 2. The van der Waals surface area contributed by atoms with E-state index < -0.39 is 5.92 Å². The maximum atomic E-state index is 13.3. The molecule has 1 heterocycles. The first kappa shape index (κ1) is 24.7. The maximum absolute atomic E-state index is 13.3. The number of carbonyl (C=O) groups excluding carboxylic acids is 2. The Morgan fingerprint density at radius 1 is 1.06 bits per heavy atom. The lowest BCUT2D eigenvalue weighted by atomic mass is 9.87. The standard InChI is InChI=1S/C25H31ClN2O5/c1-15(2)12-27-24(29)19-14-28(25(30)17-8-6-7-9-20(17)26)13-18(19)16-10-21(31-3)23(33-5)22(11-16)32-4/h6-11,15,18-19H,12-14H2,1-5H3,(H,27,29)/t18-,19-/m0/s1. The van der Waals surface area contributed by atoms with E-state index in [1.807, 2.05) is 26.0 Å². The van der Waals surface area contributed by atoms with Crippen molar-refractivity contribution in [1.82, 2.24) is 10.2 Å². The third-order valence-electron chi connectivity index (χ3n) is 5.85. The first-order chi connectivity index (χ1) is 15.8. The molecule has 1 aliphatic rings. The third kappa shape index (κ3) is 5.36. The molecule has 2 aromatic carbocycles. The molecule has 0 spiro atoms. The van der Waals surface area contributed by atoms with E-state index in [9.17, 15) is 9.59 Å². The normalized spacial score (nSPS) is 17.7. The zero-order chi connectivity index (χ0) is 24.1. The fourth-order valence-electron chi connectivity index (χ4n) is 4.13.